The third-order valence-electron chi connectivity index (χ3n) is 2.51. The summed E-state index contributed by atoms with van der Waals surface area (Å²) in [5, 5.41) is 27.7. The van der Waals surface area contributed by atoms with Crippen molar-refractivity contribution in [3.05, 3.63) is 12.7 Å². The molecule has 0 radical (unpaired) electrons. The smallest absolute Gasteiger partial charge is 0.410 e. The van der Waals surface area contributed by atoms with Gasteiger partial charge in [0.2, 0.25) is 0 Å². The highest BCUT2D eigenvalue weighted by Crippen LogP contribution is 2.19. The minimum Gasteiger partial charge on any atom is -0.480 e. The van der Waals surface area contributed by atoms with Crippen molar-refractivity contribution < 1.29 is 29.6 Å². The van der Waals surface area contributed by atoms with Gasteiger partial charge in [-0.15, -0.1) is 0 Å². The molecular weight excluding hydrogens is 230 g/mol. The third-order valence-corrected chi connectivity index (χ3v) is 2.51. The molecule has 3 atom stereocenters. The zero-order chi connectivity index (χ0) is 13.0. The summed E-state index contributed by atoms with van der Waals surface area (Å²) in [4.78, 5) is 23.3. The molecule has 0 aromatic rings. The number of aliphatic carboxylic acids is 1. The summed E-state index contributed by atoms with van der Waals surface area (Å²) in [6, 6.07) is -1.19. The number of piperidine rings is 1. The Labute approximate surface area is 97.9 Å². The van der Waals surface area contributed by atoms with Crippen LogP contribution in [-0.2, 0) is 9.53 Å². The number of amides is 1. The predicted octanol–water partition coefficient (Wildman–Crippen LogP) is -0.810. The lowest BCUT2D eigenvalue weighted by Crippen LogP contribution is -2.57. The molecule has 1 fully saturated rings. The molecule has 7 nitrogen and oxygen atoms in total. The van der Waals surface area contributed by atoms with Gasteiger partial charge in [0.05, 0.1) is 18.8 Å². The van der Waals surface area contributed by atoms with Crippen LogP contribution in [0.1, 0.15) is 6.42 Å². The zero-order valence-corrected chi connectivity index (χ0v) is 9.15. The van der Waals surface area contributed by atoms with E-state index in [1.165, 1.54) is 6.08 Å². The van der Waals surface area contributed by atoms with Gasteiger partial charge in [-0.05, 0) is 0 Å². The summed E-state index contributed by atoms with van der Waals surface area (Å²) >= 11 is 0. The number of carboxylic acid groups (broad SMARTS) is 1. The van der Waals surface area contributed by atoms with Crippen LogP contribution >= 0.6 is 0 Å². The Bertz CT molecular complexity index is 318. The quantitative estimate of drug-likeness (QED) is 0.561. The Kier molecular flexibility index (Phi) is 4.47. The molecule has 1 amide bonds. The molecule has 17 heavy (non-hydrogen) atoms. The van der Waals surface area contributed by atoms with Gasteiger partial charge in [-0.25, -0.2) is 9.59 Å². The summed E-state index contributed by atoms with van der Waals surface area (Å²) < 4.78 is 4.71. The van der Waals surface area contributed by atoms with E-state index in [4.69, 9.17) is 9.84 Å². The molecule has 1 rings (SSSR count). The van der Waals surface area contributed by atoms with Crippen LogP contribution in [0.4, 0.5) is 4.79 Å². The van der Waals surface area contributed by atoms with Crippen LogP contribution in [0.25, 0.3) is 0 Å². The first-order chi connectivity index (χ1) is 7.97. The summed E-state index contributed by atoms with van der Waals surface area (Å²) in [5.74, 6) is -1.24. The fourth-order valence-corrected chi connectivity index (χ4v) is 1.61. The van der Waals surface area contributed by atoms with Crippen molar-refractivity contribution in [2.75, 3.05) is 13.2 Å². The fraction of sp³-hybridized carbons (Fsp3) is 0.600. The molecule has 1 aliphatic rings. The maximum Gasteiger partial charge on any atom is 0.410 e. The minimum absolute atomic E-state index is 0.0413. The van der Waals surface area contributed by atoms with E-state index in [2.05, 4.69) is 6.58 Å². The first kappa shape index (κ1) is 13.5. The number of likely N-dealkylation sites (tertiary alicyclic amines) is 1. The number of β-amino-alcohol motifs (C(OH)–C–C–N with tert-alkyl or cyclic N) is 1. The van der Waals surface area contributed by atoms with Crippen molar-refractivity contribution >= 4 is 12.1 Å². The highest BCUT2D eigenvalue weighted by molar-refractivity contribution is 5.80. The Morgan fingerprint density at radius 1 is 1.41 bits per heavy atom. The van der Waals surface area contributed by atoms with Gasteiger partial charge in [-0.1, -0.05) is 12.7 Å². The summed E-state index contributed by atoms with van der Waals surface area (Å²) in [7, 11) is 0. The van der Waals surface area contributed by atoms with Gasteiger partial charge >= 0.3 is 12.1 Å². The number of nitrogens with zero attached hydrogens (tertiary/aromatic N) is 1. The van der Waals surface area contributed by atoms with Crippen molar-refractivity contribution in [1.29, 1.82) is 0 Å². The number of hydrogen-bond acceptors (Lipinski definition) is 5. The van der Waals surface area contributed by atoms with Crippen LogP contribution in [0.5, 0.6) is 0 Å². The monoisotopic (exact) mass is 245 g/mol. The third kappa shape index (κ3) is 3.18. The molecule has 0 aliphatic carbocycles. The normalized spacial score (nSPS) is 28.6. The van der Waals surface area contributed by atoms with E-state index in [-0.39, 0.29) is 19.6 Å². The van der Waals surface area contributed by atoms with Crippen molar-refractivity contribution in [3.8, 4) is 0 Å². The van der Waals surface area contributed by atoms with Gasteiger partial charge in [0.1, 0.15) is 12.6 Å². The number of aliphatic hydroxyl groups is 2. The number of carbonyl (C=O) groups is 2. The molecule has 0 aromatic carbocycles. The molecule has 1 heterocycles. The number of aliphatic hydroxyl groups excluding tert-OH is 2. The highest BCUT2D eigenvalue weighted by Gasteiger charge is 2.40. The zero-order valence-electron chi connectivity index (χ0n) is 9.15. The van der Waals surface area contributed by atoms with E-state index in [9.17, 15) is 19.8 Å². The Morgan fingerprint density at radius 3 is 2.59 bits per heavy atom. The van der Waals surface area contributed by atoms with Gasteiger partial charge in [-0.2, -0.15) is 0 Å². The van der Waals surface area contributed by atoms with Crippen molar-refractivity contribution in [2.24, 2.45) is 0 Å². The number of hydrogen-bond donors (Lipinski definition) is 3. The maximum absolute atomic E-state index is 11.5. The van der Waals surface area contributed by atoms with E-state index in [1.54, 1.807) is 0 Å². The Hall–Kier alpha value is -1.60. The lowest BCUT2D eigenvalue weighted by atomic mass is 9.98. The summed E-state index contributed by atoms with van der Waals surface area (Å²) in [6.07, 6.45) is -2.03. The van der Waals surface area contributed by atoms with E-state index in [0.717, 1.165) is 4.90 Å². The molecule has 0 aromatic heterocycles. The van der Waals surface area contributed by atoms with Crippen LogP contribution in [-0.4, -0.2) is 63.7 Å². The number of carboxylic acids is 1. The minimum atomic E-state index is -1.24. The molecule has 7 heteroatoms. The van der Waals surface area contributed by atoms with Gasteiger partial charge in [0.25, 0.3) is 0 Å². The molecule has 0 spiro atoms. The number of rotatable bonds is 3. The highest BCUT2D eigenvalue weighted by atomic mass is 16.6. The van der Waals surface area contributed by atoms with Crippen LogP contribution in [0.3, 0.4) is 0 Å². The van der Waals surface area contributed by atoms with E-state index in [1.807, 2.05) is 0 Å². The molecule has 96 valence electrons. The molecule has 1 aliphatic heterocycles. The number of ether oxygens (including phenoxy) is 1. The maximum atomic E-state index is 11.5. The van der Waals surface area contributed by atoms with Gasteiger partial charge in [-0.3, -0.25) is 4.90 Å². The molecule has 3 N–H and O–H groups in total. The van der Waals surface area contributed by atoms with Crippen LogP contribution in [0.2, 0.25) is 0 Å². The SMILES string of the molecule is C=CCOC(=O)N1C[C@H](O)[C@H](O)CC1C(=O)O. The van der Waals surface area contributed by atoms with E-state index >= 15 is 0 Å². The van der Waals surface area contributed by atoms with Crippen LogP contribution in [0, 0.1) is 0 Å². The summed E-state index contributed by atoms with van der Waals surface area (Å²) in [6.45, 7) is 3.05. The van der Waals surface area contributed by atoms with E-state index < -0.39 is 30.3 Å². The van der Waals surface area contributed by atoms with Gasteiger partial charge in [0, 0.05) is 6.42 Å². The second kappa shape index (κ2) is 5.65. The van der Waals surface area contributed by atoms with Crippen molar-refractivity contribution in [1.82, 2.24) is 4.90 Å². The average Bonchev–Trinajstić information content (AvgIpc) is 2.28. The largest absolute Gasteiger partial charge is 0.480 e. The first-order valence-corrected chi connectivity index (χ1v) is 5.10. The van der Waals surface area contributed by atoms with Crippen molar-refractivity contribution in [3.63, 3.8) is 0 Å². The second-order valence-corrected chi connectivity index (χ2v) is 3.74. The standard InChI is InChI=1S/C10H15NO6/c1-2-3-17-10(16)11-5-8(13)7(12)4-6(11)9(14)15/h2,6-8,12-13H,1,3-5H2,(H,14,15)/t6?,7-,8+/m1/s1. The van der Waals surface area contributed by atoms with Gasteiger partial charge < -0.3 is 20.1 Å². The number of carbonyl (C=O) groups excluding carboxylic acids is 1. The Morgan fingerprint density at radius 2 is 2.06 bits per heavy atom. The molecule has 1 unspecified atom stereocenters. The van der Waals surface area contributed by atoms with Crippen LogP contribution < -0.4 is 0 Å². The van der Waals surface area contributed by atoms with E-state index in [0.29, 0.717) is 0 Å². The average molecular weight is 245 g/mol. The lowest BCUT2D eigenvalue weighted by Gasteiger charge is -2.37. The predicted molar refractivity (Wildman–Crippen MR) is 56.3 cm³/mol. The molecule has 1 saturated heterocycles. The molecule has 0 saturated carbocycles. The first-order valence-electron chi connectivity index (χ1n) is 5.10. The van der Waals surface area contributed by atoms with Crippen LogP contribution in [0.15, 0.2) is 12.7 Å². The lowest BCUT2D eigenvalue weighted by molar-refractivity contribution is -0.149. The second-order valence-electron chi connectivity index (χ2n) is 3.74. The molecule has 0 bridgehead atoms. The van der Waals surface area contributed by atoms with Gasteiger partial charge in [0.15, 0.2) is 0 Å². The Balaban J connectivity index is 2.74. The fourth-order valence-electron chi connectivity index (χ4n) is 1.61. The summed E-state index contributed by atoms with van der Waals surface area (Å²) in [5.41, 5.74) is 0. The topological polar surface area (TPSA) is 107 Å². The van der Waals surface area contributed by atoms with Crippen molar-refractivity contribution in [2.45, 2.75) is 24.7 Å². The molecular formula is C10H15NO6.